The number of fused-ring (bicyclic) bond motifs is 1. The van der Waals surface area contributed by atoms with Gasteiger partial charge in [-0.05, 0) is 30.5 Å². The Bertz CT molecular complexity index is 415. The Morgan fingerprint density at radius 2 is 2.33 bits per heavy atom. The minimum Gasteiger partial charge on any atom is -0.328 e. The fraction of sp³-hybridized carbons (Fsp3) is 0.364. The Kier molecular flexibility index (Phi) is 2.44. The van der Waals surface area contributed by atoms with Crippen LogP contribution in [0, 0.1) is 5.82 Å². The molecule has 0 saturated heterocycles. The highest BCUT2D eigenvalue weighted by atomic mass is 19.1. The zero-order chi connectivity index (χ0) is 11.0. The molecule has 0 fully saturated rings. The smallest absolute Gasteiger partial charge is 0.228 e. The van der Waals surface area contributed by atoms with Gasteiger partial charge in [0.15, 0.2) is 0 Å². The number of nitrogens with one attached hydrogen (secondary N) is 1. The third-order valence-electron chi connectivity index (χ3n) is 2.40. The molecule has 0 aromatic heterocycles. The van der Waals surface area contributed by atoms with Gasteiger partial charge < -0.3 is 11.1 Å². The molecule has 0 radical (unpaired) electrons. The van der Waals surface area contributed by atoms with Gasteiger partial charge in [-0.3, -0.25) is 4.79 Å². The van der Waals surface area contributed by atoms with Crippen LogP contribution in [-0.4, -0.2) is 11.9 Å². The molecule has 1 amide bonds. The van der Waals surface area contributed by atoms with Crippen molar-refractivity contribution < 1.29 is 9.18 Å². The number of carbonyl (C=O) groups excluding carboxylic acids is 1. The van der Waals surface area contributed by atoms with Gasteiger partial charge in [-0.25, -0.2) is 4.39 Å². The van der Waals surface area contributed by atoms with E-state index in [1.807, 2.05) is 13.0 Å². The lowest BCUT2D eigenvalue weighted by Gasteiger charge is -2.08. The summed E-state index contributed by atoms with van der Waals surface area (Å²) in [6.07, 6.45) is 0.886. The number of hydrogen-bond acceptors (Lipinski definition) is 2. The normalized spacial score (nSPS) is 16.1. The molecule has 15 heavy (non-hydrogen) atoms. The second-order valence-corrected chi connectivity index (χ2v) is 4.02. The lowest BCUT2D eigenvalue weighted by Crippen LogP contribution is -2.17. The molecule has 1 aromatic rings. The molecule has 1 aromatic carbocycles. The van der Waals surface area contributed by atoms with E-state index in [0.29, 0.717) is 12.1 Å². The standard InChI is InChI=1S/C11H13FN2O/c1-6(13)2-7-3-8-5-10(15)14-11(8)9(12)4-7/h3-4,6H,2,5,13H2,1H3,(H,14,15). The summed E-state index contributed by atoms with van der Waals surface area (Å²) in [5.41, 5.74) is 7.55. The molecule has 0 bridgehead atoms. The SMILES string of the molecule is CC(N)Cc1cc(F)c2c(c1)CC(=O)N2. The fourth-order valence-corrected chi connectivity index (χ4v) is 1.85. The van der Waals surface area contributed by atoms with Crippen LogP contribution in [0.1, 0.15) is 18.1 Å². The molecule has 0 spiro atoms. The number of nitrogens with two attached hydrogens (primary N) is 1. The van der Waals surface area contributed by atoms with Crippen LogP contribution in [-0.2, 0) is 17.6 Å². The van der Waals surface area contributed by atoms with E-state index < -0.39 is 0 Å². The van der Waals surface area contributed by atoms with Crippen LogP contribution < -0.4 is 11.1 Å². The van der Waals surface area contributed by atoms with Crippen molar-refractivity contribution in [2.45, 2.75) is 25.8 Å². The molecular weight excluding hydrogens is 195 g/mol. The number of rotatable bonds is 2. The van der Waals surface area contributed by atoms with Crippen molar-refractivity contribution >= 4 is 11.6 Å². The maximum absolute atomic E-state index is 13.5. The average molecular weight is 208 g/mol. The molecule has 0 aliphatic carbocycles. The molecule has 1 heterocycles. The molecule has 1 atom stereocenters. The van der Waals surface area contributed by atoms with Crippen LogP contribution in [0.2, 0.25) is 0 Å². The van der Waals surface area contributed by atoms with E-state index in [1.165, 1.54) is 6.07 Å². The van der Waals surface area contributed by atoms with E-state index in [-0.39, 0.29) is 24.2 Å². The van der Waals surface area contributed by atoms with Crippen molar-refractivity contribution in [3.05, 3.63) is 29.1 Å². The Morgan fingerprint density at radius 1 is 1.60 bits per heavy atom. The molecule has 3 nitrogen and oxygen atoms in total. The molecule has 80 valence electrons. The van der Waals surface area contributed by atoms with Gasteiger partial charge in [-0.1, -0.05) is 6.07 Å². The van der Waals surface area contributed by atoms with E-state index >= 15 is 0 Å². The van der Waals surface area contributed by atoms with Gasteiger partial charge in [0.05, 0.1) is 12.1 Å². The lowest BCUT2D eigenvalue weighted by molar-refractivity contribution is -0.115. The highest BCUT2D eigenvalue weighted by Gasteiger charge is 2.21. The van der Waals surface area contributed by atoms with Gasteiger partial charge in [0.2, 0.25) is 5.91 Å². The van der Waals surface area contributed by atoms with E-state index in [0.717, 1.165) is 11.1 Å². The molecule has 1 aliphatic rings. The monoisotopic (exact) mass is 208 g/mol. The van der Waals surface area contributed by atoms with Crippen LogP contribution >= 0.6 is 0 Å². The average Bonchev–Trinajstić information content (AvgIpc) is 2.44. The maximum Gasteiger partial charge on any atom is 0.228 e. The molecule has 1 aliphatic heterocycles. The quantitative estimate of drug-likeness (QED) is 0.767. The Balaban J connectivity index is 2.35. The van der Waals surface area contributed by atoms with Gasteiger partial charge >= 0.3 is 0 Å². The van der Waals surface area contributed by atoms with Gasteiger partial charge in [0.1, 0.15) is 5.82 Å². The van der Waals surface area contributed by atoms with Crippen LogP contribution in [0.5, 0.6) is 0 Å². The molecule has 4 heteroatoms. The molecule has 1 unspecified atom stereocenters. The van der Waals surface area contributed by atoms with E-state index in [1.54, 1.807) is 0 Å². The Morgan fingerprint density at radius 3 is 3.00 bits per heavy atom. The van der Waals surface area contributed by atoms with Gasteiger partial charge in [0, 0.05) is 6.04 Å². The van der Waals surface area contributed by atoms with Crippen molar-refractivity contribution in [2.75, 3.05) is 5.32 Å². The van der Waals surface area contributed by atoms with Crippen LogP contribution in [0.4, 0.5) is 10.1 Å². The summed E-state index contributed by atoms with van der Waals surface area (Å²) >= 11 is 0. The molecule has 0 saturated carbocycles. The number of carbonyl (C=O) groups is 1. The van der Waals surface area contributed by atoms with Crippen LogP contribution in [0.25, 0.3) is 0 Å². The number of amides is 1. The van der Waals surface area contributed by atoms with E-state index in [9.17, 15) is 9.18 Å². The predicted molar refractivity (Wildman–Crippen MR) is 56.1 cm³/mol. The molecule has 2 rings (SSSR count). The first-order chi connectivity index (χ1) is 7.06. The summed E-state index contributed by atoms with van der Waals surface area (Å²) in [7, 11) is 0. The molecule has 3 N–H and O–H groups in total. The number of hydrogen-bond donors (Lipinski definition) is 2. The van der Waals surface area contributed by atoms with Crippen LogP contribution in [0.3, 0.4) is 0 Å². The van der Waals surface area contributed by atoms with E-state index in [2.05, 4.69) is 5.32 Å². The summed E-state index contributed by atoms with van der Waals surface area (Å²) in [4.78, 5) is 11.1. The Labute approximate surface area is 87.5 Å². The topological polar surface area (TPSA) is 55.1 Å². The number of benzene rings is 1. The third-order valence-corrected chi connectivity index (χ3v) is 2.40. The predicted octanol–water partition coefficient (Wildman–Crippen LogP) is 1.21. The second-order valence-electron chi connectivity index (χ2n) is 4.02. The summed E-state index contributed by atoms with van der Waals surface area (Å²) in [6.45, 7) is 1.87. The highest BCUT2D eigenvalue weighted by molar-refractivity contribution is 5.99. The lowest BCUT2D eigenvalue weighted by atomic mass is 10.0. The zero-order valence-corrected chi connectivity index (χ0v) is 8.51. The van der Waals surface area contributed by atoms with Crippen LogP contribution in [0.15, 0.2) is 12.1 Å². The van der Waals surface area contributed by atoms with Gasteiger partial charge in [-0.15, -0.1) is 0 Å². The fourth-order valence-electron chi connectivity index (χ4n) is 1.85. The minimum atomic E-state index is -0.367. The van der Waals surface area contributed by atoms with Crippen molar-refractivity contribution in [3.8, 4) is 0 Å². The maximum atomic E-state index is 13.5. The first-order valence-electron chi connectivity index (χ1n) is 4.93. The minimum absolute atomic E-state index is 0.00693. The summed E-state index contributed by atoms with van der Waals surface area (Å²) in [6, 6.07) is 3.28. The van der Waals surface area contributed by atoms with E-state index in [4.69, 9.17) is 5.73 Å². The molecular formula is C11H13FN2O. The first kappa shape index (κ1) is 10.1. The number of anilines is 1. The highest BCUT2D eigenvalue weighted by Crippen LogP contribution is 2.27. The summed E-state index contributed by atoms with van der Waals surface area (Å²) in [5, 5.41) is 2.50. The second kappa shape index (κ2) is 3.62. The largest absolute Gasteiger partial charge is 0.328 e. The van der Waals surface area contributed by atoms with Gasteiger partial charge in [-0.2, -0.15) is 0 Å². The van der Waals surface area contributed by atoms with Crippen molar-refractivity contribution in [1.82, 2.24) is 0 Å². The Hall–Kier alpha value is -1.42. The summed E-state index contributed by atoms with van der Waals surface area (Å²) < 4.78 is 13.5. The van der Waals surface area contributed by atoms with Crippen molar-refractivity contribution in [3.63, 3.8) is 0 Å². The van der Waals surface area contributed by atoms with Gasteiger partial charge in [0.25, 0.3) is 0 Å². The number of halogens is 1. The first-order valence-corrected chi connectivity index (χ1v) is 4.93. The van der Waals surface area contributed by atoms with Crippen molar-refractivity contribution in [1.29, 1.82) is 0 Å². The third kappa shape index (κ3) is 1.99. The van der Waals surface area contributed by atoms with Crippen molar-refractivity contribution in [2.24, 2.45) is 5.73 Å². The summed E-state index contributed by atoms with van der Waals surface area (Å²) in [5.74, 6) is -0.518. The zero-order valence-electron chi connectivity index (χ0n) is 8.51.